The summed E-state index contributed by atoms with van der Waals surface area (Å²) in [4.78, 5) is 39.4. The fourth-order valence-electron chi connectivity index (χ4n) is 4.90. The summed E-state index contributed by atoms with van der Waals surface area (Å²) >= 11 is 0. The van der Waals surface area contributed by atoms with E-state index in [1.165, 1.54) is 5.32 Å². The highest BCUT2D eigenvalue weighted by molar-refractivity contribution is 6.09. The minimum Gasteiger partial charge on any atom is -0.505 e. The molecule has 19 heteroatoms. The third-order valence-electron chi connectivity index (χ3n) is 7.38. The average Bonchev–Trinajstić information content (AvgIpc) is 3.29. The normalized spacial score (nSPS) is 24.2. The van der Waals surface area contributed by atoms with Gasteiger partial charge in [-0.25, -0.2) is 4.39 Å². The van der Waals surface area contributed by atoms with E-state index in [1.807, 2.05) is 0 Å². The van der Waals surface area contributed by atoms with E-state index in [0.717, 1.165) is 0 Å². The summed E-state index contributed by atoms with van der Waals surface area (Å²) in [6.45, 7) is 2.44. The van der Waals surface area contributed by atoms with Gasteiger partial charge < -0.3 is 66.0 Å². The standard InChI is InChI=1S/C25H29FN4O14/c1-9(31)15(32)13-11(8-30(22(13)38)19-21(37)28-23(39)25(42,43)24(19,40)41)20(36)27-6-10-14(26)16(33)12(18(35)17(10)34)7-29-2-4-44-5-3-29/h19,27,31-36,40-43H,1-8H2,(H,28,37,39)/b15-13-,20-11-. The molecule has 0 spiro atoms. The van der Waals surface area contributed by atoms with Crippen LogP contribution in [0.1, 0.15) is 11.1 Å². The summed E-state index contributed by atoms with van der Waals surface area (Å²) < 4.78 is 20.4. The number of amides is 3. The van der Waals surface area contributed by atoms with Gasteiger partial charge in [-0.05, 0) is 0 Å². The maximum Gasteiger partial charge on any atom is 0.303 e. The quantitative estimate of drug-likeness (QED) is 0.0352. The highest BCUT2D eigenvalue weighted by atomic mass is 19.1. The van der Waals surface area contributed by atoms with Gasteiger partial charge in [0.25, 0.3) is 23.5 Å². The van der Waals surface area contributed by atoms with E-state index in [0.29, 0.717) is 26.3 Å². The van der Waals surface area contributed by atoms with Gasteiger partial charge in [-0.15, -0.1) is 0 Å². The Labute approximate surface area is 246 Å². The van der Waals surface area contributed by atoms with Crippen LogP contribution in [0.2, 0.25) is 0 Å². The number of ether oxygens (including phenoxy) is 1. The second-order valence-corrected chi connectivity index (χ2v) is 10.1. The summed E-state index contributed by atoms with van der Waals surface area (Å²) in [6, 6.07) is -2.66. The van der Waals surface area contributed by atoms with Gasteiger partial charge in [-0.1, -0.05) is 6.58 Å². The first-order valence-corrected chi connectivity index (χ1v) is 12.7. The molecule has 0 aliphatic carbocycles. The third-order valence-corrected chi connectivity index (χ3v) is 7.38. The van der Waals surface area contributed by atoms with Crippen molar-refractivity contribution in [3.63, 3.8) is 0 Å². The first-order chi connectivity index (χ1) is 20.4. The summed E-state index contributed by atoms with van der Waals surface area (Å²) in [5.41, 5.74) is -2.80. The molecule has 0 saturated carbocycles. The lowest BCUT2D eigenvalue weighted by Gasteiger charge is -2.44. The number of imide groups is 1. The number of aliphatic hydroxyl groups is 7. The number of likely N-dealkylation sites (tertiary alicyclic amines) is 1. The molecule has 1 atom stereocenters. The van der Waals surface area contributed by atoms with Gasteiger partial charge in [-0.2, -0.15) is 0 Å². The van der Waals surface area contributed by atoms with Crippen molar-refractivity contribution in [1.82, 2.24) is 20.4 Å². The van der Waals surface area contributed by atoms with E-state index in [-0.39, 0.29) is 17.0 Å². The average molecular weight is 629 g/mol. The van der Waals surface area contributed by atoms with Crippen LogP contribution in [0.4, 0.5) is 4.39 Å². The molecule has 3 heterocycles. The van der Waals surface area contributed by atoms with Crippen molar-refractivity contribution in [2.45, 2.75) is 30.7 Å². The minimum absolute atomic E-state index is 0.147. The fraction of sp³-hybridized carbons (Fsp3) is 0.400. The number of halogens is 1. The molecular weight excluding hydrogens is 599 g/mol. The molecule has 0 aromatic heterocycles. The lowest BCUT2D eigenvalue weighted by molar-refractivity contribution is -0.355. The predicted molar refractivity (Wildman–Crippen MR) is 138 cm³/mol. The van der Waals surface area contributed by atoms with Crippen molar-refractivity contribution in [2.75, 3.05) is 32.8 Å². The van der Waals surface area contributed by atoms with Crippen LogP contribution in [-0.4, -0.2) is 129 Å². The van der Waals surface area contributed by atoms with Crippen LogP contribution < -0.4 is 10.6 Å². The smallest absolute Gasteiger partial charge is 0.303 e. The Kier molecular flexibility index (Phi) is 8.39. The minimum atomic E-state index is -4.04. The van der Waals surface area contributed by atoms with Gasteiger partial charge >= 0.3 is 5.79 Å². The summed E-state index contributed by atoms with van der Waals surface area (Å²) in [7, 11) is 0. The number of aliphatic hydroxyl groups excluding tert-OH is 3. The number of piperidine rings is 1. The number of phenolic OH excluding ortho intramolecular Hbond substituents is 3. The van der Waals surface area contributed by atoms with Gasteiger partial charge in [0.1, 0.15) is 0 Å². The molecule has 44 heavy (non-hydrogen) atoms. The zero-order valence-corrected chi connectivity index (χ0v) is 22.6. The zero-order valence-electron chi connectivity index (χ0n) is 22.6. The van der Waals surface area contributed by atoms with Crippen molar-refractivity contribution >= 4 is 17.7 Å². The molecule has 240 valence electrons. The van der Waals surface area contributed by atoms with Gasteiger partial charge in [0.2, 0.25) is 0 Å². The maximum absolute atomic E-state index is 15.2. The van der Waals surface area contributed by atoms with Crippen molar-refractivity contribution in [2.24, 2.45) is 0 Å². The molecule has 3 fully saturated rings. The maximum atomic E-state index is 15.2. The van der Waals surface area contributed by atoms with E-state index in [4.69, 9.17) is 4.74 Å². The van der Waals surface area contributed by atoms with Crippen LogP contribution in [0.5, 0.6) is 17.2 Å². The molecule has 3 amide bonds. The lowest BCUT2D eigenvalue weighted by atomic mass is 9.90. The number of nitrogens with one attached hydrogen (secondary N) is 2. The molecule has 1 aromatic carbocycles. The molecule has 1 unspecified atom stereocenters. The number of aromatic hydroxyl groups is 3. The van der Waals surface area contributed by atoms with Crippen molar-refractivity contribution in [3.05, 3.63) is 52.1 Å². The van der Waals surface area contributed by atoms with Crippen molar-refractivity contribution in [3.8, 4) is 17.2 Å². The predicted octanol–water partition coefficient (Wildman–Crippen LogP) is -3.25. The van der Waals surface area contributed by atoms with Gasteiger partial charge in [0, 0.05) is 31.8 Å². The topological polar surface area (TPSA) is 293 Å². The Hall–Kier alpha value is -4.66. The van der Waals surface area contributed by atoms with E-state index in [1.54, 1.807) is 4.90 Å². The van der Waals surface area contributed by atoms with Gasteiger partial charge in [-0.3, -0.25) is 24.6 Å². The third kappa shape index (κ3) is 5.20. The zero-order chi connectivity index (χ0) is 32.9. The van der Waals surface area contributed by atoms with Crippen LogP contribution in [0.25, 0.3) is 0 Å². The number of rotatable bonds is 7. The molecular formula is C25H29FN4O14. The van der Waals surface area contributed by atoms with Crippen LogP contribution in [0.15, 0.2) is 35.1 Å². The number of benzene rings is 1. The number of hydrogen-bond donors (Lipinski definition) is 12. The second-order valence-electron chi connectivity index (χ2n) is 10.1. The molecule has 4 rings (SSSR count). The molecule has 3 saturated heterocycles. The van der Waals surface area contributed by atoms with E-state index in [2.05, 4.69) is 11.9 Å². The Morgan fingerprint density at radius 2 is 1.59 bits per heavy atom. The Bertz CT molecular complexity index is 1470. The van der Waals surface area contributed by atoms with Crippen molar-refractivity contribution < 1.29 is 74.6 Å². The van der Waals surface area contributed by atoms with E-state index < -0.39 is 106 Å². The van der Waals surface area contributed by atoms with Crippen LogP contribution in [0.3, 0.4) is 0 Å². The van der Waals surface area contributed by atoms with Crippen LogP contribution >= 0.6 is 0 Å². The summed E-state index contributed by atoms with van der Waals surface area (Å²) in [5, 5.41) is 106. The highest BCUT2D eigenvalue weighted by Gasteiger charge is 2.67. The second kappa shape index (κ2) is 11.4. The largest absolute Gasteiger partial charge is 0.505 e. The van der Waals surface area contributed by atoms with Crippen LogP contribution in [0, 0.1) is 5.82 Å². The monoisotopic (exact) mass is 628 g/mol. The highest BCUT2D eigenvalue weighted by Crippen LogP contribution is 2.42. The lowest BCUT2D eigenvalue weighted by Crippen LogP contribution is -2.79. The molecule has 18 nitrogen and oxygen atoms in total. The molecule has 0 radical (unpaired) electrons. The van der Waals surface area contributed by atoms with Gasteiger partial charge in [0.15, 0.2) is 46.5 Å². The van der Waals surface area contributed by atoms with E-state index >= 15 is 4.39 Å². The summed E-state index contributed by atoms with van der Waals surface area (Å²) in [6.07, 6.45) is 0. The summed E-state index contributed by atoms with van der Waals surface area (Å²) in [5.74, 6) is -21.0. The van der Waals surface area contributed by atoms with E-state index in [9.17, 15) is 65.4 Å². The number of carbonyl (C=O) groups is 3. The number of morpholine rings is 1. The first-order valence-electron chi connectivity index (χ1n) is 12.7. The number of nitrogens with zero attached hydrogens (tertiary/aromatic N) is 2. The molecule has 3 aliphatic rings. The Morgan fingerprint density at radius 1 is 1.00 bits per heavy atom. The molecule has 12 N–H and O–H groups in total. The first kappa shape index (κ1) is 32.3. The van der Waals surface area contributed by atoms with Gasteiger partial charge in [0.05, 0.1) is 36.5 Å². The number of hydrogen-bond acceptors (Lipinski definition) is 16. The SMILES string of the molecule is C=C(O)/C(O)=C1/C(=O)N(C2C(=O)NC(=O)C(O)(O)C2(O)O)C/C1=C(/O)NCc1c(O)c(O)c(CN2CCOCC2)c(O)c1F. The Balaban J connectivity index is 1.69. The molecule has 3 aliphatic heterocycles. The molecule has 0 bridgehead atoms. The number of phenols is 3. The molecule has 1 aromatic rings. The van der Waals surface area contributed by atoms with Crippen LogP contribution in [-0.2, 0) is 32.2 Å². The Morgan fingerprint density at radius 3 is 2.18 bits per heavy atom. The fourth-order valence-corrected chi connectivity index (χ4v) is 4.90. The van der Waals surface area contributed by atoms with Crippen molar-refractivity contribution in [1.29, 1.82) is 0 Å². The number of carbonyl (C=O) groups excluding carboxylic acids is 3.